The van der Waals surface area contributed by atoms with E-state index in [1.54, 1.807) is 18.2 Å². The van der Waals surface area contributed by atoms with Crippen LogP contribution in [0.15, 0.2) is 27.8 Å². The predicted molar refractivity (Wildman–Crippen MR) is 92.0 cm³/mol. The molecule has 0 atom stereocenters. The lowest BCUT2D eigenvalue weighted by atomic mass is 10.1. The number of rotatable bonds is 7. The van der Waals surface area contributed by atoms with Crippen molar-refractivity contribution in [2.45, 2.75) is 13.8 Å². The Hall–Kier alpha value is -3.36. The number of nitro groups is 1. The molecule has 0 aliphatic rings. The van der Waals surface area contributed by atoms with E-state index in [2.05, 4.69) is 4.98 Å². The summed E-state index contributed by atoms with van der Waals surface area (Å²) >= 11 is 0. The minimum absolute atomic E-state index is 0.199. The van der Waals surface area contributed by atoms with Gasteiger partial charge >= 0.3 is 16.9 Å². The number of nitrogens with zero attached hydrogens (tertiary/aromatic N) is 1. The zero-order valence-corrected chi connectivity index (χ0v) is 13.7. The van der Waals surface area contributed by atoms with Gasteiger partial charge in [-0.05, 0) is 38.1 Å². The maximum atomic E-state index is 11.6. The second-order valence-electron chi connectivity index (χ2n) is 4.83. The van der Waals surface area contributed by atoms with Gasteiger partial charge in [0.05, 0.1) is 18.1 Å². The van der Waals surface area contributed by atoms with Gasteiger partial charge in [-0.2, -0.15) is 0 Å². The van der Waals surface area contributed by atoms with Gasteiger partial charge in [0.25, 0.3) is 0 Å². The summed E-state index contributed by atoms with van der Waals surface area (Å²) in [5.41, 5.74) is -2.22. The van der Waals surface area contributed by atoms with E-state index in [0.29, 0.717) is 30.3 Å². The molecule has 2 rings (SSSR count). The van der Waals surface area contributed by atoms with E-state index in [-0.39, 0.29) is 5.69 Å². The first-order chi connectivity index (χ1) is 12.0. The van der Waals surface area contributed by atoms with Crippen LogP contribution in [0.25, 0.3) is 12.2 Å². The minimum Gasteiger partial charge on any atom is -0.494 e. The highest BCUT2D eigenvalue weighted by atomic mass is 16.6. The lowest BCUT2D eigenvalue weighted by Gasteiger charge is -2.10. The largest absolute Gasteiger partial charge is 0.494 e. The van der Waals surface area contributed by atoms with Gasteiger partial charge in [0.1, 0.15) is 17.2 Å². The van der Waals surface area contributed by atoms with Crippen LogP contribution in [0.2, 0.25) is 0 Å². The number of hydrogen-bond donors (Lipinski definition) is 2. The topological polar surface area (TPSA) is 127 Å². The molecule has 9 nitrogen and oxygen atoms in total. The average molecular weight is 347 g/mol. The SMILES string of the molecule is CCOc1ccc(/C=C\c2[nH]c(=O)[nH]c(=O)c2[N+](=O)[O-])c(OCC)c1. The number of nitrogens with one attached hydrogen (secondary N) is 2. The molecule has 0 amide bonds. The zero-order chi connectivity index (χ0) is 18.4. The fourth-order valence-corrected chi connectivity index (χ4v) is 2.16. The van der Waals surface area contributed by atoms with Crippen LogP contribution in [0, 0.1) is 10.1 Å². The Balaban J connectivity index is 2.47. The van der Waals surface area contributed by atoms with Gasteiger partial charge in [-0.25, -0.2) is 4.79 Å². The van der Waals surface area contributed by atoms with Crippen LogP contribution in [-0.4, -0.2) is 28.1 Å². The van der Waals surface area contributed by atoms with Crippen LogP contribution in [0.1, 0.15) is 25.1 Å². The van der Waals surface area contributed by atoms with E-state index in [0.717, 1.165) is 0 Å². The van der Waals surface area contributed by atoms with Crippen LogP contribution < -0.4 is 20.7 Å². The molecule has 0 fully saturated rings. The number of ether oxygens (including phenoxy) is 2. The third kappa shape index (κ3) is 4.34. The van der Waals surface area contributed by atoms with Crippen molar-refractivity contribution in [2.75, 3.05) is 13.2 Å². The van der Waals surface area contributed by atoms with E-state index in [1.165, 1.54) is 12.2 Å². The summed E-state index contributed by atoms with van der Waals surface area (Å²) in [6.45, 7) is 4.59. The van der Waals surface area contributed by atoms with E-state index >= 15 is 0 Å². The minimum atomic E-state index is -1.06. The van der Waals surface area contributed by atoms with Crippen molar-refractivity contribution in [1.82, 2.24) is 9.97 Å². The number of benzene rings is 1. The summed E-state index contributed by atoms with van der Waals surface area (Å²) in [6, 6.07) is 5.13. The summed E-state index contributed by atoms with van der Waals surface area (Å²) in [7, 11) is 0. The molecular weight excluding hydrogens is 330 g/mol. The second-order valence-corrected chi connectivity index (χ2v) is 4.83. The maximum Gasteiger partial charge on any atom is 0.357 e. The molecule has 2 N–H and O–H groups in total. The van der Waals surface area contributed by atoms with Gasteiger partial charge in [0, 0.05) is 11.6 Å². The van der Waals surface area contributed by atoms with Crippen LogP contribution in [0.4, 0.5) is 5.69 Å². The van der Waals surface area contributed by atoms with Gasteiger partial charge in [0.2, 0.25) is 0 Å². The average Bonchev–Trinajstić information content (AvgIpc) is 2.53. The van der Waals surface area contributed by atoms with E-state index in [4.69, 9.17) is 9.47 Å². The molecule has 1 aromatic heterocycles. The lowest BCUT2D eigenvalue weighted by molar-refractivity contribution is -0.386. The van der Waals surface area contributed by atoms with Crippen molar-refractivity contribution in [3.05, 3.63) is 60.4 Å². The quantitative estimate of drug-likeness (QED) is 0.582. The smallest absolute Gasteiger partial charge is 0.357 e. The fourth-order valence-electron chi connectivity index (χ4n) is 2.16. The molecule has 0 saturated carbocycles. The van der Waals surface area contributed by atoms with Crippen molar-refractivity contribution in [2.24, 2.45) is 0 Å². The molecule has 0 spiro atoms. The Morgan fingerprint density at radius 2 is 1.84 bits per heavy atom. The lowest BCUT2D eigenvalue weighted by Crippen LogP contribution is -2.25. The van der Waals surface area contributed by atoms with Crippen LogP contribution in [-0.2, 0) is 0 Å². The van der Waals surface area contributed by atoms with Crippen LogP contribution in [0.3, 0.4) is 0 Å². The Bertz CT molecular complexity index is 913. The summed E-state index contributed by atoms with van der Waals surface area (Å²) < 4.78 is 10.9. The van der Waals surface area contributed by atoms with Gasteiger partial charge in [-0.3, -0.25) is 19.9 Å². The molecule has 0 bridgehead atoms. The molecule has 0 saturated heterocycles. The van der Waals surface area contributed by atoms with Crippen molar-refractivity contribution >= 4 is 17.8 Å². The van der Waals surface area contributed by atoms with Crippen molar-refractivity contribution in [1.29, 1.82) is 0 Å². The Labute approximate surface area is 142 Å². The van der Waals surface area contributed by atoms with Gasteiger partial charge < -0.3 is 14.5 Å². The summed E-state index contributed by atoms with van der Waals surface area (Å²) in [4.78, 5) is 37.2. The molecule has 0 unspecified atom stereocenters. The monoisotopic (exact) mass is 347 g/mol. The van der Waals surface area contributed by atoms with Crippen molar-refractivity contribution in [3.63, 3.8) is 0 Å². The Kier molecular flexibility index (Phi) is 5.72. The molecule has 25 heavy (non-hydrogen) atoms. The molecular formula is C16H17N3O6. The third-order valence-corrected chi connectivity index (χ3v) is 3.15. The normalized spacial score (nSPS) is 10.8. The van der Waals surface area contributed by atoms with E-state index in [1.807, 2.05) is 18.8 Å². The van der Waals surface area contributed by atoms with Gasteiger partial charge in [-0.15, -0.1) is 0 Å². The van der Waals surface area contributed by atoms with Crippen LogP contribution in [0.5, 0.6) is 11.5 Å². The predicted octanol–water partition coefficient (Wildman–Crippen LogP) is 1.94. The third-order valence-electron chi connectivity index (χ3n) is 3.15. The molecule has 0 aliphatic carbocycles. The maximum absolute atomic E-state index is 11.6. The highest BCUT2D eigenvalue weighted by Crippen LogP contribution is 2.27. The number of H-pyrrole nitrogens is 2. The van der Waals surface area contributed by atoms with Gasteiger partial charge in [-0.1, -0.05) is 0 Å². The first kappa shape index (κ1) is 18.0. The van der Waals surface area contributed by atoms with Crippen molar-refractivity contribution in [3.8, 4) is 11.5 Å². The number of aromatic amines is 2. The highest BCUT2D eigenvalue weighted by Gasteiger charge is 2.18. The standard InChI is InChI=1S/C16H17N3O6/c1-3-24-11-7-5-10(13(9-11)25-4-2)6-8-12-14(19(22)23)15(20)18-16(21)17-12/h5-9H,3-4H2,1-2H3,(H2,17,18,20,21)/b8-6-. The van der Waals surface area contributed by atoms with E-state index in [9.17, 15) is 19.7 Å². The Morgan fingerprint density at radius 1 is 1.12 bits per heavy atom. The van der Waals surface area contributed by atoms with Crippen LogP contribution >= 0.6 is 0 Å². The second kappa shape index (κ2) is 7.95. The fraction of sp³-hybridized carbons (Fsp3) is 0.250. The molecule has 9 heteroatoms. The van der Waals surface area contributed by atoms with Gasteiger partial charge in [0.15, 0.2) is 0 Å². The zero-order valence-electron chi connectivity index (χ0n) is 13.7. The number of aromatic nitrogens is 2. The molecule has 132 valence electrons. The molecule has 2 aromatic rings. The number of hydrogen-bond acceptors (Lipinski definition) is 6. The first-order valence-corrected chi connectivity index (χ1v) is 7.55. The Morgan fingerprint density at radius 3 is 2.48 bits per heavy atom. The summed E-state index contributed by atoms with van der Waals surface area (Å²) in [5.74, 6) is 1.14. The molecule has 1 aromatic carbocycles. The summed E-state index contributed by atoms with van der Waals surface area (Å²) in [6.07, 6.45) is 2.80. The van der Waals surface area contributed by atoms with E-state index < -0.39 is 21.9 Å². The molecule has 0 radical (unpaired) electrons. The highest BCUT2D eigenvalue weighted by molar-refractivity contribution is 5.74. The summed E-state index contributed by atoms with van der Waals surface area (Å²) in [5, 5.41) is 11.0. The van der Waals surface area contributed by atoms with Crippen molar-refractivity contribution < 1.29 is 14.4 Å². The molecule has 0 aliphatic heterocycles. The first-order valence-electron chi connectivity index (χ1n) is 7.55. The molecule has 1 heterocycles.